The smallest absolute Gasteiger partial charge is 0.251 e. The summed E-state index contributed by atoms with van der Waals surface area (Å²) in [6.45, 7) is 0.252. The zero-order valence-corrected chi connectivity index (χ0v) is 14.3. The first-order valence-electron chi connectivity index (χ1n) is 7.34. The monoisotopic (exact) mass is 358 g/mol. The third-order valence-corrected chi connectivity index (χ3v) is 4.39. The van der Waals surface area contributed by atoms with Gasteiger partial charge in [-0.2, -0.15) is 0 Å². The topological polar surface area (TPSA) is 55.0 Å². The van der Waals surface area contributed by atoms with Crippen molar-refractivity contribution < 1.29 is 4.74 Å². The second-order valence-corrected chi connectivity index (χ2v) is 6.46. The first-order chi connectivity index (χ1) is 11.7. The van der Waals surface area contributed by atoms with Crippen molar-refractivity contribution in [3.05, 3.63) is 87.3 Å². The molecule has 122 valence electrons. The molecule has 0 bridgehead atoms. The molecule has 4 nitrogen and oxygen atoms in total. The Kier molecular flexibility index (Phi) is 5.56. The van der Waals surface area contributed by atoms with Crippen LogP contribution in [0.1, 0.15) is 11.3 Å². The van der Waals surface area contributed by atoms with Gasteiger partial charge in [0.2, 0.25) is 0 Å². The van der Waals surface area contributed by atoms with Crippen LogP contribution in [0.4, 0.5) is 0 Å². The van der Waals surface area contributed by atoms with Crippen molar-refractivity contribution in [2.45, 2.75) is 17.5 Å². The van der Waals surface area contributed by atoms with E-state index in [0.29, 0.717) is 21.6 Å². The van der Waals surface area contributed by atoms with Crippen molar-refractivity contribution in [3.63, 3.8) is 0 Å². The van der Waals surface area contributed by atoms with Crippen LogP contribution in [0.5, 0.6) is 5.75 Å². The minimum Gasteiger partial charge on any atom is -0.487 e. The molecule has 3 rings (SSSR count). The van der Waals surface area contributed by atoms with Gasteiger partial charge >= 0.3 is 0 Å². The molecule has 0 aliphatic heterocycles. The van der Waals surface area contributed by atoms with Gasteiger partial charge < -0.3 is 9.72 Å². The van der Waals surface area contributed by atoms with E-state index in [1.165, 1.54) is 17.8 Å². The summed E-state index contributed by atoms with van der Waals surface area (Å²) < 4.78 is 5.64. The number of ether oxygens (including phenoxy) is 1. The second-order valence-electron chi connectivity index (χ2n) is 5.06. The molecule has 0 radical (unpaired) electrons. The van der Waals surface area contributed by atoms with Crippen molar-refractivity contribution in [3.8, 4) is 5.75 Å². The van der Waals surface area contributed by atoms with Crippen molar-refractivity contribution in [2.24, 2.45) is 0 Å². The summed E-state index contributed by atoms with van der Waals surface area (Å²) in [5.41, 5.74) is 1.52. The van der Waals surface area contributed by atoms with Gasteiger partial charge in [0.1, 0.15) is 12.4 Å². The van der Waals surface area contributed by atoms with Gasteiger partial charge in [-0.15, -0.1) is 0 Å². The van der Waals surface area contributed by atoms with Crippen LogP contribution in [0.15, 0.2) is 70.6 Å². The van der Waals surface area contributed by atoms with Crippen LogP contribution < -0.4 is 10.3 Å². The van der Waals surface area contributed by atoms with E-state index in [1.54, 1.807) is 0 Å². The maximum Gasteiger partial charge on any atom is 0.251 e. The SMILES string of the molecule is O=c1cc(COc2ccccc2)nc(SCc2ccc(Cl)cc2)[nH]1. The van der Waals surface area contributed by atoms with Gasteiger partial charge in [-0.05, 0) is 29.8 Å². The second kappa shape index (κ2) is 8.04. The average Bonchev–Trinajstić information content (AvgIpc) is 2.60. The maximum atomic E-state index is 11.8. The van der Waals surface area contributed by atoms with Crippen LogP contribution in [-0.2, 0) is 12.4 Å². The molecule has 1 N–H and O–H groups in total. The van der Waals surface area contributed by atoms with Crippen LogP contribution in [0.3, 0.4) is 0 Å². The zero-order valence-electron chi connectivity index (χ0n) is 12.7. The molecular weight excluding hydrogens is 344 g/mol. The summed E-state index contributed by atoms with van der Waals surface area (Å²) in [7, 11) is 0. The van der Waals surface area contributed by atoms with E-state index in [-0.39, 0.29) is 12.2 Å². The predicted octanol–water partition coefficient (Wildman–Crippen LogP) is 4.29. The number of thioether (sulfide) groups is 1. The minimum absolute atomic E-state index is 0.185. The lowest BCUT2D eigenvalue weighted by Crippen LogP contribution is -2.11. The lowest BCUT2D eigenvalue weighted by Gasteiger charge is -2.07. The Morgan fingerprint density at radius 3 is 2.58 bits per heavy atom. The van der Waals surface area contributed by atoms with Gasteiger partial charge in [0.15, 0.2) is 5.16 Å². The molecule has 0 fully saturated rings. The molecule has 0 saturated carbocycles. The van der Waals surface area contributed by atoms with Gasteiger partial charge in [0, 0.05) is 16.8 Å². The maximum absolute atomic E-state index is 11.8. The fraction of sp³-hybridized carbons (Fsp3) is 0.111. The van der Waals surface area contributed by atoms with Crippen LogP contribution in [0.25, 0.3) is 0 Å². The van der Waals surface area contributed by atoms with E-state index in [4.69, 9.17) is 16.3 Å². The number of hydrogen-bond acceptors (Lipinski definition) is 4. The Morgan fingerprint density at radius 1 is 1.08 bits per heavy atom. The van der Waals surface area contributed by atoms with E-state index in [2.05, 4.69) is 9.97 Å². The predicted molar refractivity (Wildman–Crippen MR) is 96.6 cm³/mol. The van der Waals surface area contributed by atoms with Gasteiger partial charge in [-0.1, -0.05) is 53.7 Å². The molecular formula is C18H15ClN2O2S. The Labute approximate surface area is 148 Å². The van der Waals surface area contributed by atoms with Crippen molar-refractivity contribution in [1.82, 2.24) is 9.97 Å². The first-order valence-corrected chi connectivity index (χ1v) is 8.71. The standard InChI is InChI=1S/C18H15ClN2O2S/c19-14-8-6-13(7-9-14)12-24-18-20-15(10-17(22)21-18)11-23-16-4-2-1-3-5-16/h1-10H,11-12H2,(H,20,21,22). The molecule has 0 unspecified atom stereocenters. The molecule has 3 aromatic rings. The van der Waals surface area contributed by atoms with E-state index >= 15 is 0 Å². The molecule has 0 aliphatic carbocycles. The van der Waals surface area contributed by atoms with E-state index in [0.717, 1.165) is 11.3 Å². The third-order valence-electron chi connectivity index (χ3n) is 3.19. The number of nitrogens with one attached hydrogen (secondary N) is 1. The summed E-state index contributed by atoms with van der Waals surface area (Å²) in [4.78, 5) is 19.0. The van der Waals surface area contributed by atoms with Gasteiger partial charge in [-0.25, -0.2) is 4.98 Å². The Morgan fingerprint density at radius 2 is 1.83 bits per heavy atom. The van der Waals surface area contributed by atoms with E-state index in [1.807, 2.05) is 54.6 Å². The Bertz CT molecular complexity index is 851. The van der Waals surface area contributed by atoms with Gasteiger partial charge in [-0.3, -0.25) is 4.79 Å². The number of halogens is 1. The highest BCUT2D eigenvalue weighted by Crippen LogP contribution is 2.20. The highest BCUT2D eigenvalue weighted by atomic mass is 35.5. The van der Waals surface area contributed by atoms with Crippen LogP contribution >= 0.6 is 23.4 Å². The number of benzene rings is 2. The van der Waals surface area contributed by atoms with Gasteiger partial charge in [0.05, 0.1) is 5.69 Å². The van der Waals surface area contributed by atoms with Crippen molar-refractivity contribution in [1.29, 1.82) is 0 Å². The molecule has 0 saturated heterocycles. The lowest BCUT2D eigenvalue weighted by atomic mass is 10.2. The molecule has 0 amide bonds. The highest BCUT2D eigenvalue weighted by Gasteiger charge is 2.04. The quantitative estimate of drug-likeness (QED) is 0.527. The molecule has 24 heavy (non-hydrogen) atoms. The molecule has 0 aliphatic rings. The fourth-order valence-electron chi connectivity index (χ4n) is 2.03. The number of aromatic amines is 1. The number of para-hydroxylation sites is 1. The number of aromatic nitrogens is 2. The number of H-pyrrole nitrogens is 1. The summed E-state index contributed by atoms with van der Waals surface area (Å²) in [5.74, 6) is 1.44. The molecule has 2 aromatic carbocycles. The number of nitrogens with zero attached hydrogens (tertiary/aromatic N) is 1. The molecule has 1 heterocycles. The minimum atomic E-state index is -0.185. The molecule has 6 heteroatoms. The molecule has 0 spiro atoms. The normalized spacial score (nSPS) is 10.5. The summed E-state index contributed by atoms with van der Waals surface area (Å²) >= 11 is 7.34. The third kappa shape index (κ3) is 4.88. The van der Waals surface area contributed by atoms with E-state index in [9.17, 15) is 4.79 Å². The van der Waals surface area contributed by atoms with Crippen molar-refractivity contribution in [2.75, 3.05) is 0 Å². The first kappa shape index (κ1) is 16.6. The number of rotatable bonds is 6. The van der Waals surface area contributed by atoms with Crippen molar-refractivity contribution >= 4 is 23.4 Å². The largest absolute Gasteiger partial charge is 0.487 e. The fourth-order valence-corrected chi connectivity index (χ4v) is 3.01. The molecule has 0 atom stereocenters. The van der Waals surface area contributed by atoms with Crippen LogP contribution in [-0.4, -0.2) is 9.97 Å². The van der Waals surface area contributed by atoms with E-state index < -0.39 is 0 Å². The number of hydrogen-bond donors (Lipinski definition) is 1. The summed E-state index contributed by atoms with van der Waals surface area (Å²) in [6, 6.07) is 18.5. The van der Waals surface area contributed by atoms with Crippen LogP contribution in [0, 0.1) is 0 Å². The average molecular weight is 359 g/mol. The van der Waals surface area contributed by atoms with Crippen LogP contribution in [0.2, 0.25) is 5.02 Å². The summed E-state index contributed by atoms with van der Waals surface area (Å²) in [5, 5.41) is 1.28. The Balaban J connectivity index is 1.65. The highest BCUT2D eigenvalue weighted by molar-refractivity contribution is 7.98. The zero-order chi connectivity index (χ0) is 16.8. The Hall–Kier alpha value is -2.24. The molecule has 1 aromatic heterocycles. The lowest BCUT2D eigenvalue weighted by molar-refractivity contribution is 0.299. The van der Waals surface area contributed by atoms with Gasteiger partial charge in [0.25, 0.3) is 5.56 Å². The summed E-state index contributed by atoms with van der Waals surface area (Å²) in [6.07, 6.45) is 0.